The number of nitrogens with one attached hydrogen (secondary N) is 2. The molecule has 0 radical (unpaired) electrons. The fraction of sp³-hybridized carbons (Fsp3) is 0.0909. The number of hydrogen-bond donors (Lipinski definition) is 2. The maximum Gasteiger partial charge on any atom is 0.274 e. The minimum atomic E-state index is -1.63. The Labute approximate surface area is 99.8 Å². The van der Waals surface area contributed by atoms with Gasteiger partial charge in [0.05, 0.1) is 11.9 Å². The summed E-state index contributed by atoms with van der Waals surface area (Å²) >= 11 is 0. The molecule has 0 aliphatic heterocycles. The van der Waals surface area contributed by atoms with Crippen LogP contribution in [0.4, 0.5) is 18.9 Å². The number of anilines is 1. The van der Waals surface area contributed by atoms with Crippen molar-refractivity contribution < 1.29 is 18.0 Å². The molecule has 1 amide bonds. The quantitative estimate of drug-likeness (QED) is 0.809. The molecule has 0 fully saturated rings. The molecule has 4 nitrogen and oxygen atoms in total. The molecular formula is C11H8F3N3O. The number of amides is 1. The summed E-state index contributed by atoms with van der Waals surface area (Å²) < 4.78 is 38.9. The lowest BCUT2D eigenvalue weighted by molar-refractivity contribution is 0.102. The first kappa shape index (κ1) is 12.2. The van der Waals surface area contributed by atoms with Gasteiger partial charge in [0.1, 0.15) is 5.69 Å². The maximum absolute atomic E-state index is 13.3. The number of nitrogens with zero attached hydrogens (tertiary/aromatic N) is 1. The van der Waals surface area contributed by atoms with Crippen molar-refractivity contribution >= 4 is 11.6 Å². The Bertz CT molecular complexity index is 610. The van der Waals surface area contributed by atoms with E-state index < -0.39 is 29.0 Å². The van der Waals surface area contributed by atoms with Crippen molar-refractivity contribution in [2.24, 2.45) is 0 Å². The summed E-state index contributed by atoms with van der Waals surface area (Å²) in [6.07, 6.45) is 1.41. The van der Waals surface area contributed by atoms with Gasteiger partial charge in [-0.3, -0.25) is 9.89 Å². The van der Waals surface area contributed by atoms with Crippen LogP contribution < -0.4 is 5.32 Å². The molecule has 18 heavy (non-hydrogen) atoms. The van der Waals surface area contributed by atoms with Gasteiger partial charge in [-0.2, -0.15) is 5.10 Å². The van der Waals surface area contributed by atoms with E-state index in [4.69, 9.17) is 0 Å². The fourth-order valence-corrected chi connectivity index (χ4v) is 1.38. The third-order valence-corrected chi connectivity index (χ3v) is 2.34. The van der Waals surface area contributed by atoms with Crippen LogP contribution in [-0.2, 0) is 0 Å². The van der Waals surface area contributed by atoms with E-state index in [-0.39, 0.29) is 5.69 Å². The average Bonchev–Trinajstić information content (AvgIpc) is 2.76. The van der Waals surface area contributed by atoms with Crippen LogP contribution in [0.3, 0.4) is 0 Å². The number of carbonyl (C=O) groups excluding carboxylic acids is 1. The number of aryl methyl sites for hydroxylation is 1. The van der Waals surface area contributed by atoms with Crippen LogP contribution >= 0.6 is 0 Å². The highest BCUT2D eigenvalue weighted by Gasteiger charge is 2.17. The van der Waals surface area contributed by atoms with Gasteiger partial charge >= 0.3 is 0 Å². The van der Waals surface area contributed by atoms with Crippen LogP contribution in [0.5, 0.6) is 0 Å². The van der Waals surface area contributed by atoms with Crippen LogP contribution in [0.1, 0.15) is 16.1 Å². The van der Waals surface area contributed by atoms with Gasteiger partial charge in [0.2, 0.25) is 0 Å². The van der Waals surface area contributed by atoms with Crippen molar-refractivity contribution in [2.45, 2.75) is 6.92 Å². The van der Waals surface area contributed by atoms with Gasteiger partial charge < -0.3 is 5.32 Å². The zero-order valence-electron chi connectivity index (χ0n) is 9.22. The van der Waals surface area contributed by atoms with E-state index in [0.717, 1.165) is 12.1 Å². The lowest BCUT2D eigenvalue weighted by Crippen LogP contribution is -2.15. The third kappa shape index (κ3) is 2.06. The summed E-state index contributed by atoms with van der Waals surface area (Å²) in [5.41, 5.74) is 0.238. The molecule has 0 unspecified atom stereocenters. The fourth-order valence-electron chi connectivity index (χ4n) is 1.38. The molecule has 1 aromatic heterocycles. The molecule has 0 bridgehead atoms. The number of benzene rings is 1. The van der Waals surface area contributed by atoms with Crippen LogP contribution in [0.15, 0.2) is 18.3 Å². The number of hydrogen-bond acceptors (Lipinski definition) is 2. The largest absolute Gasteiger partial charge is 0.318 e. The lowest BCUT2D eigenvalue weighted by atomic mass is 10.2. The first-order chi connectivity index (χ1) is 8.50. The van der Waals surface area contributed by atoms with Crippen LogP contribution in [0, 0.1) is 24.4 Å². The molecule has 1 aromatic carbocycles. The minimum absolute atomic E-state index is 0.124. The topological polar surface area (TPSA) is 57.8 Å². The molecule has 7 heteroatoms. The van der Waals surface area contributed by atoms with Crippen molar-refractivity contribution in [3.05, 3.63) is 47.0 Å². The number of H-pyrrole nitrogens is 1. The Balaban J connectivity index is 2.28. The molecule has 2 aromatic rings. The van der Waals surface area contributed by atoms with Gasteiger partial charge in [0, 0.05) is 0 Å². The Morgan fingerprint density at radius 1 is 1.28 bits per heavy atom. The van der Waals surface area contributed by atoms with Crippen molar-refractivity contribution in [3.8, 4) is 0 Å². The van der Waals surface area contributed by atoms with Crippen LogP contribution in [-0.4, -0.2) is 16.1 Å². The zero-order chi connectivity index (χ0) is 13.3. The van der Waals surface area contributed by atoms with Gasteiger partial charge in [0.15, 0.2) is 17.5 Å². The van der Waals surface area contributed by atoms with Crippen molar-refractivity contribution in [3.63, 3.8) is 0 Å². The number of rotatable bonds is 2. The van der Waals surface area contributed by atoms with E-state index in [2.05, 4.69) is 15.5 Å². The molecule has 2 rings (SSSR count). The SMILES string of the molecule is Cc1cn[nH]c1C(=O)Nc1ccc(F)c(F)c1F. The summed E-state index contributed by atoms with van der Waals surface area (Å²) in [6, 6.07) is 1.67. The molecule has 0 atom stereocenters. The zero-order valence-corrected chi connectivity index (χ0v) is 9.22. The van der Waals surface area contributed by atoms with E-state index in [1.807, 2.05) is 0 Å². The normalized spacial score (nSPS) is 10.4. The highest BCUT2D eigenvalue weighted by molar-refractivity contribution is 6.03. The van der Waals surface area contributed by atoms with Gasteiger partial charge in [-0.25, -0.2) is 13.2 Å². The molecule has 0 aliphatic carbocycles. The molecule has 0 saturated heterocycles. The molecular weight excluding hydrogens is 247 g/mol. The summed E-state index contributed by atoms with van der Waals surface area (Å²) in [7, 11) is 0. The van der Waals surface area contributed by atoms with Crippen LogP contribution in [0.25, 0.3) is 0 Å². The van der Waals surface area contributed by atoms with Crippen molar-refractivity contribution in [1.82, 2.24) is 10.2 Å². The Kier molecular flexibility index (Phi) is 3.05. The predicted molar refractivity (Wildman–Crippen MR) is 57.6 cm³/mol. The summed E-state index contributed by atoms with van der Waals surface area (Å²) in [6.45, 7) is 1.63. The first-order valence-corrected chi connectivity index (χ1v) is 4.95. The third-order valence-electron chi connectivity index (χ3n) is 2.34. The second kappa shape index (κ2) is 4.52. The second-order valence-electron chi connectivity index (χ2n) is 3.61. The number of aromatic amines is 1. The number of carbonyl (C=O) groups is 1. The smallest absolute Gasteiger partial charge is 0.274 e. The first-order valence-electron chi connectivity index (χ1n) is 4.95. The molecule has 2 N–H and O–H groups in total. The second-order valence-corrected chi connectivity index (χ2v) is 3.61. The Hall–Kier alpha value is -2.31. The van der Waals surface area contributed by atoms with Crippen molar-refractivity contribution in [1.29, 1.82) is 0 Å². The Morgan fingerprint density at radius 2 is 2.00 bits per heavy atom. The average molecular weight is 255 g/mol. The van der Waals surface area contributed by atoms with E-state index in [9.17, 15) is 18.0 Å². The highest BCUT2D eigenvalue weighted by Crippen LogP contribution is 2.20. The lowest BCUT2D eigenvalue weighted by Gasteiger charge is -2.06. The van der Waals surface area contributed by atoms with E-state index in [1.54, 1.807) is 6.92 Å². The molecule has 0 spiro atoms. The molecule has 0 saturated carbocycles. The molecule has 0 aliphatic rings. The minimum Gasteiger partial charge on any atom is -0.318 e. The Morgan fingerprint density at radius 3 is 2.61 bits per heavy atom. The molecule has 94 valence electrons. The highest BCUT2D eigenvalue weighted by atomic mass is 19.2. The summed E-state index contributed by atoms with van der Waals surface area (Å²) in [5.74, 6) is -5.08. The van der Waals surface area contributed by atoms with Gasteiger partial charge in [-0.1, -0.05) is 0 Å². The van der Waals surface area contributed by atoms with Crippen molar-refractivity contribution in [2.75, 3.05) is 5.32 Å². The van der Waals surface area contributed by atoms with Gasteiger partial charge in [0.25, 0.3) is 5.91 Å². The number of halogens is 3. The summed E-state index contributed by atoms with van der Waals surface area (Å²) in [5, 5.41) is 8.17. The monoisotopic (exact) mass is 255 g/mol. The van der Waals surface area contributed by atoms with E-state index >= 15 is 0 Å². The maximum atomic E-state index is 13.3. The van der Waals surface area contributed by atoms with Crippen LogP contribution in [0.2, 0.25) is 0 Å². The van der Waals surface area contributed by atoms with E-state index in [1.165, 1.54) is 6.20 Å². The predicted octanol–water partition coefficient (Wildman–Crippen LogP) is 2.39. The van der Waals surface area contributed by atoms with Gasteiger partial charge in [-0.05, 0) is 24.6 Å². The number of aromatic nitrogens is 2. The van der Waals surface area contributed by atoms with Gasteiger partial charge in [-0.15, -0.1) is 0 Å². The van der Waals surface area contributed by atoms with E-state index in [0.29, 0.717) is 5.56 Å². The summed E-state index contributed by atoms with van der Waals surface area (Å²) in [4.78, 5) is 11.7. The molecule has 1 heterocycles. The standard InChI is InChI=1S/C11H8F3N3O/c1-5-4-15-17-10(5)11(18)16-7-3-2-6(12)8(13)9(7)14/h2-4H,1H3,(H,15,17)(H,16,18).